The van der Waals surface area contributed by atoms with E-state index in [1.807, 2.05) is 13.0 Å². The molecule has 0 bridgehead atoms. The third-order valence-corrected chi connectivity index (χ3v) is 6.96. The zero-order valence-corrected chi connectivity index (χ0v) is 17.8. The van der Waals surface area contributed by atoms with Crippen LogP contribution in [-0.2, 0) is 14.8 Å². The number of aryl methyl sites for hydroxylation is 1. The van der Waals surface area contributed by atoms with E-state index in [9.17, 15) is 13.2 Å². The van der Waals surface area contributed by atoms with Gasteiger partial charge < -0.3 is 9.64 Å². The van der Waals surface area contributed by atoms with Gasteiger partial charge in [-0.05, 0) is 49.6 Å². The first-order chi connectivity index (χ1) is 13.9. The van der Waals surface area contributed by atoms with Gasteiger partial charge >= 0.3 is 0 Å². The molecule has 7 heteroatoms. The molecule has 2 aromatic carbocycles. The molecular weight excluding hydrogens is 388 g/mol. The van der Waals surface area contributed by atoms with Crippen LogP contribution in [0, 0.1) is 6.92 Å². The van der Waals surface area contributed by atoms with Crippen molar-refractivity contribution in [2.75, 3.05) is 31.0 Å². The van der Waals surface area contributed by atoms with Gasteiger partial charge in [0.15, 0.2) is 0 Å². The van der Waals surface area contributed by atoms with Gasteiger partial charge in [0, 0.05) is 13.1 Å². The van der Waals surface area contributed by atoms with Gasteiger partial charge in [0.2, 0.25) is 5.91 Å². The highest BCUT2D eigenvalue weighted by Crippen LogP contribution is 2.31. The van der Waals surface area contributed by atoms with Crippen LogP contribution in [0.5, 0.6) is 5.75 Å². The molecule has 1 amide bonds. The first-order valence-electron chi connectivity index (χ1n) is 9.93. The Bertz CT molecular complexity index is 937. The molecule has 0 spiro atoms. The van der Waals surface area contributed by atoms with Crippen LogP contribution in [0.2, 0.25) is 0 Å². The normalized spacial score (nSPS) is 14.9. The summed E-state index contributed by atoms with van der Waals surface area (Å²) in [5, 5.41) is 0. The number of nitrogens with zero attached hydrogens (tertiary/aromatic N) is 2. The lowest BCUT2D eigenvalue weighted by Gasteiger charge is -2.28. The molecule has 1 aliphatic heterocycles. The highest BCUT2D eigenvalue weighted by molar-refractivity contribution is 7.93. The van der Waals surface area contributed by atoms with Crippen LogP contribution in [0.15, 0.2) is 53.4 Å². The molecule has 1 heterocycles. The number of likely N-dealkylation sites (tertiary alicyclic amines) is 1. The predicted molar refractivity (Wildman–Crippen MR) is 114 cm³/mol. The quantitative estimate of drug-likeness (QED) is 0.722. The van der Waals surface area contributed by atoms with Crippen molar-refractivity contribution in [2.45, 2.75) is 37.5 Å². The van der Waals surface area contributed by atoms with Gasteiger partial charge in [0.1, 0.15) is 17.2 Å². The average molecular weight is 417 g/mol. The van der Waals surface area contributed by atoms with Crippen molar-refractivity contribution >= 4 is 21.6 Å². The molecule has 0 N–H and O–H groups in total. The van der Waals surface area contributed by atoms with Crippen molar-refractivity contribution in [1.82, 2.24) is 4.90 Å². The van der Waals surface area contributed by atoms with Gasteiger partial charge in [-0.25, -0.2) is 8.42 Å². The van der Waals surface area contributed by atoms with Gasteiger partial charge in [-0.15, -0.1) is 0 Å². The van der Waals surface area contributed by atoms with Crippen molar-refractivity contribution in [3.8, 4) is 5.75 Å². The monoisotopic (exact) mass is 416 g/mol. The number of carbonyl (C=O) groups excluding carboxylic acids is 1. The zero-order valence-electron chi connectivity index (χ0n) is 17.0. The number of hydrogen-bond acceptors (Lipinski definition) is 4. The van der Waals surface area contributed by atoms with E-state index in [2.05, 4.69) is 0 Å². The van der Waals surface area contributed by atoms with Crippen LogP contribution >= 0.6 is 0 Å². The number of hydrogen-bond donors (Lipinski definition) is 0. The number of methoxy groups -OCH3 is 1. The minimum atomic E-state index is -4.00. The molecule has 29 heavy (non-hydrogen) atoms. The number of para-hydroxylation sites is 1. The third-order valence-electron chi connectivity index (χ3n) is 5.17. The predicted octanol–water partition coefficient (Wildman–Crippen LogP) is 3.60. The molecule has 0 radical (unpaired) electrons. The Morgan fingerprint density at radius 2 is 1.69 bits per heavy atom. The molecule has 1 fully saturated rings. The number of anilines is 1. The Balaban J connectivity index is 2.00. The Kier molecular flexibility index (Phi) is 6.79. The van der Waals surface area contributed by atoms with E-state index >= 15 is 0 Å². The van der Waals surface area contributed by atoms with Crippen molar-refractivity contribution in [1.29, 1.82) is 0 Å². The highest BCUT2D eigenvalue weighted by Gasteiger charge is 2.31. The van der Waals surface area contributed by atoms with Crippen molar-refractivity contribution < 1.29 is 17.9 Å². The molecule has 2 aromatic rings. The van der Waals surface area contributed by atoms with Gasteiger partial charge in [-0.3, -0.25) is 9.10 Å². The Hall–Kier alpha value is -2.54. The van der Waals surface area contributed by atoms with E-state index in [0.717, 1.165) is 31.2 Å². The molecule has 3 rings (SSSR count). The number of amides is 1. The van der Waals surface area contributed by atoms with Crippen molar-refractivity contribution in [2.24, 2.45) is 0 Å². The molecule has 0 unspecified atom stereocenters. The van der Waals surface area contributed by atoms with Gasteiger partial charge in [-0.2, -0.15) is 0 Å². The minimum Gasteiger partial charge on any atom is -0.495 e. The SMILES string of the molecule is COc1ccc(C)cc1S(=O)(=O)N(CC(=O)N1CCCCCC1)c1ccccc1. The summed E-state index contributed by atoms with van der Waals surface area (Å²) in [7, 11) is -2.56. The summed E-state index contributed by atoms with van der Waals surface area (Å²) in [6.45, 7) is 2.95. The summed E-state index contributed by atoms with van der Waals surface area (Å²) >= 11 is 0. The summed E-state index contributed by atoms with van der Waals surface area (Å²) in [5.41, 5.74) is 1.26. The fourth-order valence-electron chi connectivity index (χ4n) is 3.56. The van der Waals surface area contributed by atoms with Crippen LogP contribution in [0.25, 0.3) is 0 Å². The third kappa shape index (κ3) is 4.90. The standard InChI is InChI=1S/C22H28N2O4S/c1-18-12-13-20(28-2)21(16-18)29(26,27)24(19-10-6-5-7-11-19)17-22(25)23-14-8-3-4-9-15-23/h5-7,10-13,16H,3-4,8-9,14-15,17H2,1-2H3. The van der Waals surface area contributed by atoms with E-state index in [-0.39, 0.29) is 23.1 Å². The first kappa shape index (κ1) is 21.2. The lowest BCUT2D eigenvalue weighted by atomic mass is 10.2. The number of rotatable bonds is 6. The summed E-state index contributed by atoms with van der Waals surface area (Å²) in [5.74, 6) is 0.0877. The number of ether oxygens (including phenoxy) is 1. The second-order valence-electron chi connectivity index (χ2n) is 7.30. The molecular formula is C22H28N2O4S. The molecule has 6 nitrogen and oxygen atoms in total. The number of benzene rings is 2. The summed E-state index contributed by atoms with van der Waals surface area (Å²) in [4.78, 5) is 14.9. The molecule has 1 saturated heterocycles. The van der Waals surface area contributed by atoms with Crippen LogP contribution in [0.3, 0.4) is 0 Å². The zero-order chi connectivity index (χ0) is 20.9. The Morgan fingerprint density at radius 1 is 1.03 bits per heavy atom. The van der Waals surface area contributed by atoms with Crippen molar-refractivity contribution in [3.63, 3.8) is 0 Å². The maximum atomic E-state index is 13.6. The van der Waals surface area contributed by atoms with Crippen molar-refractivity contribution in [3.05, 3.63) is 54.1 Å². The average Bonchev–Trinajstić information content (AvgIpc) is 3.02. The fraction of sp³-hybridized carbons (Fsp3) is 0.409. The maximum Gasteiger partial charge on any atom is 0.268 e. The van der Waals surface area contributed by atoms with E-state index in [0.29, 0.717) is 18.8 Å². The van der Waals surface area contributed by atoms with Crippen LogP contribution < -0.4 is 9.04 Å². The van der Waals surface area contributed by atoms with Crippen LogP contribution in [0.4, 0.5) is 5.69 Å². The Morgan fingerprint density at radius 3 is 2.31 bits per heavy atom. The summed E-state index contributed by atoms with van der Waals surface area (Å²) in [6.07, 6.45) is 4.11. The smallest absolute Gasteiger partial charge is 0.268 e. The topological polar surface area (TPSA) is 66.9 Å². The van der Waals surface area contributed by atoms with Gasteiger partial charge in [0.25, 0.3) is 10.0 Å². The number of sulfonamides is 1. The minimum absolute atomic E-state index is 0.0625. The van der Waals surface area contributed by atoms with E-state index in [1.54, 1.807) is 47.4 Å². The van der Waals surface area contributed by atoms with Gasteiger partial charge in [0.05, 0.1) is 12.8 Å². The lowest BCUT2D eigenvalue weighted by molar-refractivity contribution is -0.129. The highest BCUT2D eigenvalue weighted by atomic mass is 32.2. The molecule has 0 saturated carbocycles. The first-order valence-corrected chi connectivity index (χ1v) is 11.4. The van der Waals surface area contributed by atoms with Crippen LogP contribution in [-0.4, -0.2) is 46.0 Å². The van der Waals surface area contributed by atoms with E-state index < -0.39 is 10.0 Å². The maximum absolute atomic E-state index is 13.6. The molecule has 0 aliphatic carbocycles. The Labute approximate surface area is 173 Å². The summed E-state index contributed by atoms with van der Waals surface area (Å²) in [6, 6.07) is 13.8. The van der Waals surface area contributed by atoms with Gasteiger partial charge in [-0.1, -0.05) is 37.1 Å². The van der Waals surface area contributed by atoms with Crippen LogP contribution in [0.1, 0.15) is 31.2 Å². The second-order valence-corrected chi connectivity index (χ2v) is 9.13. The largest absolute Gasteiger partial charge is 0.495 e. The second kappa shape index (κ2) is 9.31. The lowest BCUT2D eigenvalue weighted by Crippen LogP contribution is -2.43. The summed E-state index contributed by atoms with van der Waals surface area (Å²) < 4.78 is 33.8. The number of carbonyl (C=O) groups is 1. The molecule has 1 aliphatic rings. The fourth-order valence-corrected chi connectivity index (χ4v) is 5.21. The van der Waals surface area contributed by atoms with E-state index in [1.165, 1.54) is 11.4 Å². The molecule has 0 aromatic heterocycles. The molecule has 156 valence electrons. The molecule has 0 atom stereocenters. The van der Waals surface area contributed by atoms with E-state index in [4.69, 9.17) is 4.74 Å².